The fraction of sp³-hybridized carbons (Fsp3) is 0.812. The lowest BCUT2D eigenvalue weighted by Crippen LogP contribution is -2.18. The number of carbonyl (C=O) groups is 1. The number of Topliss-reactive ketones (excluding diaryl/α,β-unsaturated/α-hetero) is 1. The van der Waals surface area contributed by atoms with Gasteiger partial charge in [0.25, 0.3) is 0 Å². The molecule has 0 aromatic heterocycles. The third-order valence-electron chi connectivity index (χ3n) is 3.03. The van der Waals surface area contributed by atoms with Gasteiger partial charge in [0.2, 0.25) is 0 Å². The van der Waals surface area contributed by atoms with Gasteiger partial charge in [-0.25, -0.2) is 0 Å². The molecule has 0 radical (unpaired) electrons. The first-order chi connectivity index (χ1) is 7.98. The van der Waals surface area contributed by atoms with Crippen molar-refractivity contribution in [3.05, 3.63) is 12.2 Å². The number of carbonyl (C=O) groups excluding carboxylic acids is 1. The molecule has 1 nitrogen and oxygen atoms in total. The van der Waals surface area contributed by atoms with E-state index in [-0.39, 0.29) is 5.41 Å². The van der Waals surface area contributed by atoms with Crippen molar-refractivity contribution in [2.24, 2.45) is 5.41 Å². The van der Waals surface area contributed by atoms with Gasteiger partial charge in [0, 0.05) is 11.8 Å². The van der Waals surface area contributed by atoms with E-state index in [0.29, 0.717) is 12.2 Å². The van der Waals surface area contributed by atoms with E-state index in [2.05, 4.69) is 13.0 Å². The lowest BCUT2D eigenvalue weighted by molar-refractivity contribution is -0.125. The lowest BCUT2D eigenvalue weighted by atomic mass is 9.89. The molecule has 0 N–H and O–H groups in total. The Balaban J connectivity index is 3.40. The quantitative estimate of drug-likeness (QED) is 0.393. The van der Waals surface area contributed by atoms with Crippen LogP contribution in [0.1, 0.15) is 79.1 Å². The molecule has 100 valence electrons. The molecule has 0 aliphatic rings. The molecule has 0 saturated heterocycles. The number of hydrogen-bond donors (Lipinski definition) is 0. The second-order valence-electron chi connectivity index (χ2n) is 5.91. The molecule has 0 spiro atoms. The Bertz CT molecular complexity index is 220. The molecular formula is C16H30O. The first-order valence-electron chi connectivity index (χ1n) is 7.16. The van der Waals surface area contributed by atoms with Crippen LogP contribution in [0, 0.1) is 5.41 Å². The van der Waals surface area contributed by atoms with Crippen LogP contribution in [0.25, 0.3) is 0 Å². The summed E-state index contributed by atoms with van der Waals surface area (Å²) >= 11 is 0. The van der Waals surface area contributed by atoms with Gasteiger partial charge < -0.3 is 0 Å². The lowest BCUT2D eigenvalue weighted by Gasteiger charge is -2.14. The summed E-state index contributed by atoms with van der Waals surface area (Å²) in [5.74, 6) is 0.330. The molecule has 0 heterocycles. The predicted octanol–water partition coefficient (Wildman–Crippen LogP) is 5.30. The van der Waals surface area contributed by atoms with Crippen LogP contribution < -0.4 is 0 Å². The molecule has 0 bridgehead atoms. The van der Waals surface area contributed by atoms with Crippen LogP contribution >= 0.6 is 0 Å². The monoisotopic (exact) mass is 238 g/mol. The highest BCUT2D eigenvalue weighted by atomic mass is 16.1. The number of allylic oxidation sites excluding steroid dienone is 2. The molecule has 0 rings (SSSR count). The first kappa shape index (κ1) is 16.4. The average Bonchev–Trinajstić information content (AvgIpc) is 2.25. The SMILES string of the molecule is CCCCCCCC/C=C\CC(=O)C(C)(C)C. The van der Waals surface area contributed by atoms with Gasteiger partial charge in [-0.15, -0.1) is 0 Å². The summed E-state index contributed by atoms with van der Waals surface area (Å²) in [6.07, 6.45) is 14.0. The van der Waals surface area contributed by atoms with E-state index < -0.39 is 0 Å². The van der Waals surface area contributed by atoms with Crippen molar-refractivity contribution in [1.82, 2.24) is 0 Å². The van der Waals surface area contributed by atoms with Crippen molar-refractivity contribution >= 4 is 5.78 Å². The van der Waals surface area contributed by atoms with Crippen molar-refractivity contribution in [1.29, 1.82) is 0 Å². The van der Waals surface area contributed by atoms with Gasteiger partial charge in [-0.1, -0.05) is 72.0 Å². The zero-order valence-corrected chi connectivity index (χ0v) is 12.2. The maximum atomic E-state index is 11.6. The highest BCUT2D eigenvalue weighted by Crippen LogP contribution is 2.17. The van der Waals surface area contributed by atoms with Crippen molar-refractivity contribution < 1.29 is 4.79 Å². The Morgan fingerprint density at radius 3 is 2.12 bits per heavy atom. The zero-order valence-electron chi connectivity index (χ0n) is 12.2. The van der Waals surface area contributed by atoms with Crippen molar-refractivity contribution in [3.8, 4) is 0 Å². The van der Waals surface area contributed by atoms with E-state index in [1.807, 2.05) is 26.8 Å². The number of rotatable bonds is 9. The van der Waals surface area contributed by atoms with Gasteiger partial charge in [-0.05, 0) is 12.8 Å². The van der Waals surface area contributed by atoms with E-state index in [4.69, 9.17) is 0 Å². The summed E-state index contributed by atoms with van der Waals surface area (Å²) in [7, 11) is 0. The molecule has 0 saturated carbocycles. The molecule has 0 unspecified atom stereocenters. The Morgan fingerprint density at radius 2 is 1.53 bits per heavy atom. The molecule has 0 atom stereocenters. The average molecular weight is 238 g/mol. The van der Waals surface area contributed by atoms with Gasteiger partial charge >= 0.3 is 0 Å². The van der Waals surface area contributed by atoms with Crippen LogP contribution in [0.15, 0.2) is 12.2 Å². The Labute approximate surface area is 108 Å². The molecule has 0 fully saturated rings. The molecule has 17 heavy (non-hydrogen) atoms. The van der Waals surface area contributed by atoms with E-state index >= 15 is 0 Å². The zero-order chi connectivity index (χ0) is 13.1. The normalized spacial score (nSPS) is 12.2. The Hall–Kier alpha value is -0.590. The number of hydrogen-bond acceptors (Lipinski definition) is 1. The molecule has 0 aliphatic carbocycles. The molecule has 0 aliphatic heterocycles. The van der Waals surface area contributed by atoms with Crippen LogP contribution in [-0.4, -0.2) is 5.78 Å². The molecular weight excluding hydrogens is 208 g/mol. The van der Waals surface area contributed by atoms with Crippen LogP contribution in [-0.2, 0) is 4.79 Å². The van der Waals surface area contributed by atoms with Crippen LogP contribution in [0.5, 0.6) is 0 Å². The largest absolute Gasteiger partial charge is 0.299 e. The third kappa shape index (κ3) is 10.3. The Kier molecular flexibility index (Phi) is 9.11. The summed E-state index contributed by atoms with van der Waals surface area (Å²) in [6.45, 7) is 8.19. The van der Waals surface area contributed by atoms with Gasteiger partial charge in [-0.3, -0.25) is 4.79 Å². The Morgan fingerprint density at radius 1 is 0.941 bits per heavy atom. The van der Waals surface area contributed by atoms with E-state index in [9.17, 15) is 4.79 Å². The highest BCUT2D eigenvalue weighted by molar-refractivity contribution is 5.84. The van der Waals surface area contributed by atoms with Gasteiger partial charge in [-0.2, -0.15) is 0 Å². The topological polar surface area (TPSA) is 17.1 Å². The summed E-state index contributed by atoms with van der Waals surface area (Å²) in [4.78, 5) is 11.6. The number of unbranched alkanes of at least 4 members (excludes halogenated alkanes) is 6. The van der Waals surface area contributed by atoms with E-state index in [1.165, 1.54) is 38.5 Å². The van der Waals surface area contributed by atoms with Crippen molar-refractivity contribution in [3.63, 3.8) is 0 Å². The third-order valence-corrected chi connectivity index (χ3v) is 3.03. The number of ketones is 1. The molecule has 0 aromatic carbocycles. The fourth-order valence-corrected chi connectivity index (χ4v) is 1.66. The van der Waals surface area contributed by atoms with Crippen LogP contribution in [0.3, 0.4) is 0 Å². The summed E-state index contributed by atoms with van der Waals surface area (Å²) in [6, 6.07) is 0. The second kappa shape index (κ2) is 9.44. The molecule has 0 amide bonds. The first-order valence-corrected chi connectivity index (χ1v) is 7.16. The minimum Gasteiger partial charge on any atom is -0.299 e. The van der Waals surface area contributed by atoms with E-state index in [0.717, 1.165) is 6.42 Å². The van der Waals surface area contributed by atoms with Gasteiger partial charge in [0.05, 0.1) is 0 Å². The van der Waals surface area contributed by atoms with Gasteiger partial charge in [0.1, 0.15) is 5.78 Å². The summed E-state index contributed by atoms with van der Waals surface area (Å²) in [5.41, 5.74) is -0.190. The standard InChI is InChI=1S/C16H30O/c1-5-6-7-8-9-10-11-12-13-14-15(17)16(2,3)4/h12-13H,5-11,14H2,1-4H3/b13-12-. The molecule has 0 aromatic rings. The van der Waals surface area contributed by atoms with Crippen LogP contribution in [0.2, 0.25) is 0 Å². The minimum atomic E-state index is -0.190. The second-order valence-corrected chi connectivity index (χ2v) is 5.91. The van der Waals surface area contributed by atoms with Crippen molar-refractivity contribution in [2.45, 2.75) is 79.1 Å². The summed E-state index contributed by atoms with van der Waals surface area (Å²) < 4.78 is 0. The van der Waals surface area contributed by atoms with Gasteiger partial charge in [0.15, 0.2) is 0 Å². The van der Waals surface area contributed by atoms with E-state index in [1.54, 1.807) is 0 Å². The smallest absolute Gasteiger partial charge is 0.141 e. The van der Waals surface area contributed by atoms with Crippen molar-refractivity contribution in [2.75, 3.05) is 0 Å². The summed E-state index contributed by atoms with van der Waals surface area (Å²) in [5, 5.41) is 0. The molecule has 1 heteroatoms. The highest BCUT2D eigenvalue weighted by Gasteiger charge is 2.18. The minimum absolute atomic E-state index is 0.190. The maximum Gasteiger partial charge on any atom is 0.141 e. The fourth-order valence-electron chi connectivity index (χ4n) is 1.66. The maximum absolute atomic E-state index is 11.6. The predicted molar refractivity (Wildman–Crippen MR) is 76.2 cm³/mol. The van der Waals surface area contributed by atoms with Crippen LogP contribution in [0.4, 0.5) is 0 Å².